The number of hydrogen-bond donors (Lipinski definition) is 2. The van der Waals surface area contributed by atoms with Crippen LogP contribution in [-0.2, 0) is 22.6 Å². The van der Waals surface area contributed by atoms with E-state index >= 15 is 0 Å². The van der Waals surface area contributed by atoms with Crippen LogP contribution in [0.3, 0.4) is 0 Å². The Kier molecular flexibility index (Phi) is 6.17. The first-order chi connectivity index (χ1) is 14.4. The molecule has 3 aromatic rings. The first-order valence-corrected chi connectivity index (χ1v) is 9.21. The minimum absolute atomic E-state index is 0.0938. The van der Waals surface area contributed by atoms with Gasteiger partial charge in [-0.05, 0) is 12.5 Å². The van der Waals surface area contributed by atoms with Crippen LogP contribution in [0.5, 0.6) is 0 Å². The van der Waals surface area contributed by atoms with Gasteiger partial charge in [0.25, 0.3) is 5.56 Å². The topological polar surface area (TPSA) is 147 Å². The second-order valence-corrected chi connectivity index (χ2v) is 6.51. The van der Waals surface area contributed by atoms with E-state index in [2.05, 4.69) is 4.98 Å². The predicted octanol–water partition coefficient (Wildman–Crippen LogP) is 1.46. The first kappa shape index (κ1) is 21.1. The number of nitrogens with one attached hydrogen (secondary N) is 1. The largest absolute Gasteiger partial charge is 0.451 e. The van der Waals surface area contributed by atoms with E-state index in [1.807, 2.05) is 6.92 Å². The molecule has 10 heteroatoms. The van der Waals surface area contributed by atoms with Gasteiger partial charge in [-0.1, -0.05) is 25.1 Å². The smallest absolute Gasteiger partial charge is 0.375 e. The second kappa shape index (κ2) is 8.78. The molecule has 0 amide bonds. The van der Waals surface area contributed by atoms with Gasteiger partial charge in [0, 0.05) is 24.6 Å². The van der Waals surface area contributed by atoms with Crippen molar-refractivity contribution < 1.29 is 23.5 Å². The van der Waals surface area contributed by atoms with E-state index in [4.69, 9.17) is 19.6 Å². The molecule has 158 valence electrons. The van der Waals surface area contributed by atoms with E-state index in [1.54, 1.807) is 24.3 Å². The van der Waals surface area contributed by atoms with E-state index in [0.29, 0.717) is 23.0 Å². The molecule has 3 rings (SSSR count). The highest BCUT2D eigenvalue weighted by atomic mass is 16.5. The molecular formula is C20H21N3O7. The minimum Gasteiger partial charge on any atom is -0.451 e. The van der Waals surface area contributed by atoms with Crippen LogP contribution in [0.4, 0.5) is 5.82 Å². The molecule has 0 aliphatic rings. The molecule has 0 atom stereocenters. The van der Waals surface area contributed by atoms with Gasteiger partial charge in [0.15, 0.2) is 6.61 Å². The monoisotopic (exact) mass is 415 g/mol. The minimum atomic E-state index is -0.935. The van der Waals surface area contributed by atoms with E-state index in [-0.39, 0.29) is 24.7 Å². The van der Waals surface area contributed by atoms with Crippen LogP contribution in [0.15, 0.2) is 38.3 Å². The number of furan rings is 1. The van der Waals surface area contributed by atoms with Crippen molar-refractivity contribution in [2.45, 2.75) is 26.5 Å². The quantitative estimate of drug-likeness (QED) is 0.415. The summed E-state index contributed by atoms with van der Waals surface area (Å²) < 4.78 is 16.8. The number of aromatic amines is 1. The van der Waals surface area contributed by atoms with Crippen molar-refractivity contribution in [1.29, 1.82) is 0 Å². The molecule has 0 unspecified atom stereocenters. The molecule has 0 saturated carbocycles. The molecule has 1 aromatic carbocycles. The molecule has 30 heavy (non-hydrogen) atoms. The van der Waals surface area contributed by atoms with Gasteiger partial charge < -0.3 is 19.6 Å². The third kappa shape index (κ3) is 3.90. The summed E-state index contributed by atoms with van der Waals surface area (Å²) in [5.74, 6) is -2.08. The van der Waals surface area contributed by atoms with E-state index in [9.17, 15) is 19.2 Å². The normalized spacial score (nSPS) is 11.0. The number of hydrogen-bond acceptors (Lipinski definition) is 8. The first-order valence-electron chi connectivity index (χ1n) is 9.21. The Balaban J connectivity index is 1.85. The predicted molar refractivity (Wildman–Crippen MR) is 108 cm³/mol. The van der Waals surface area contributed by atoms with Gasteiger partial charge in [-0.3, -0.25) is 19.1 Å². The standard InChI is InChI=1S/C20H21N3O7/c1-3-8-23-17(21)15(18(25)22-20(23)27)13(24)10-29-19(26)16-12(9-28-2)11-6-4-5-7-14(11)30-16/h4-7H,3,8-10,21H2,1-2H3,(H,22,25,27). The average Bonchev–Trinajstić information content (AvgIpc) is 3.08. The van der Waals surface area contributed by atoms with Crippen molar-refractivity contribution in [2.24, 2.45) is 0 Å². The third-order valence-electron chi connectivity index (χ3n) is 4.47. The van der Waals surface area contributed by atoms with E-state index < -0.39 is 35.2 Å². The maximum atomic E-state index is 12.5. The molecule has 0 spiro atoms. The summed E-state index contributed by atoms with van der Waals surface area (Å²) >= 11 is 0. The van der Waals surface area contributed by atoms with Gasteiger partial charge in [-0.15, -0.1) is 0 Å². The molecule has 0 saturated heterocycles. The van der Waals surface area contributed by atoms with E-state index in [1.165, 1.54) is 7.11 Å². The van der Waals surface area contributed by atoms with Crippen molar-refractivity contribution >= 4 is 28.5 Å². The van der Waals surface area contributed by atoms with Crippen LogP contribution in [0.25, 0.3) is 11.0 Å². The maximum Gasteiger partial charge on any atom is 0.375 e. The van der Waals surface area contributed by atoms with Gasteiger partial charge in [-0.2, -0.15) is 0 Å². The van der Waals surface area contributed by atoms with Crippen molar-refractivity contribution in [1.82, 2.24) is 9.55 Å². The summed E-state index contributed by atoms with van der Waals surface area (Å²) in [7, 11) is 1.47. The number of carbonyl (C=O) groups excluding carboxylic acids is 2. The van der Waals surface area contributed by atoms with E-state index in [0.717, 1.165) is 4.57 Å². The summed E-state index contributed by atoms with van der Waals surface area (Å²) in [6.07, 6.45) is 0.563. The molecule has 0 aliphatic carbocycles. The molecule has 2 aromatic heterocycles. The van der Waals surface area contributed by atoms with Crippen LogP contribution < -0.4 is 17.0 Å². The number of ether oxygens (including phenoxy) is 2. The van der Waals surface area contributed by atoms with Crippen LogP contribution in [-0.4, -0.2) is 35.0 Å². The van der Waals surface area contributed by atoms with Crippen molar-refractivity contribution in [2.75, 3.05) is 19.5 Å². The number of anilines is 1. The van der Waals surface area contributed by atoms with Crippen LogP contribution >= 0.6 is 0 Å². The lowest BCUT2D eigenvalue weighted by molar-refractivity contribution is 0.0440. The number of rotatable bonds is 8. The van der Waals surface area contributed by atoms with Gasteiger partial charge in [0.05, 0.1) is 6.61 Å². The fourth-order valence-corrected chi connectivity index (χ4v) is 3.12. The molecule has 10 nitrogen and oxygen atoms in total. The van der Waals surface area contributed by atoms with Crippen molar-refractivity contribution in [3.8, 4) is 0 Å². The highest BCUT2D eigenvalue weighted by Gasteiger charge is 2.25. The lowest BCUT2D eigenvalue weighted by atomic mass is 10.1. The molecule has 3 N–H and O–H groups in total. The number of esters is 1. The number of fused-ring (bicyclic) bond motifs is 1. The fraction of sp³-hybridized carbons (Fsp3) is 0.300. The van der Waals surface area contributed by atoms with Crippen molar-refractivity contribution in [3.05, 3.63) is 62.0 Å². The molecular weight excluding hydrogens is 394 g/mol. The summed E-state index contributed by atoms with van der Waals surface area (Å²) in [6, 6.07) is 7.00. The number of H-pyrrole nitrogens is 1. The molecule has 0 fully saturated rings. The van der Waals surface area contributed by atoms with Crippen LogP contribution in [0.2, 0.25) is 0 Å². The summed E-state index contributed by atoms with van der Waals surface area (Å²) in [4.78, 5) is 51.1. The number of ketones is 1. The maximum absolute atomic E-state index is 12.5. The highest BCUT2D eigenvalue weighted by molar-refractivity contribution is 6.02. The average molecular weight is 415 g/mol. The molecule has 0 radical (unpaired) electrons. The Labute approximate surface area is 170 Å². The molecule has 2 heterocycles. The Hall–Kier alpha value is -3.66. The fourth-order valence-electron chi connectivity index (χ4n) is 3.12. The molecule has 0 bridgehead atoms. The van der Waals surface area contributed by atoms with Gasteiger partial charge >= 0.3 is 11.7 Å². The Bertz CT molecular complexity index is 1220. The SMILES string of the molecule is CCCn1c(N)c(C(=O)COC(=O)c2oc3ccccc3c2COC)c(=O)[nH]c1=O. The lowest BCUT2D eigenvalue weighted by Crippen LogP contribution is -2.37. The summed E-state index contributed by atoms with van der Waals surface area (Å²) in [5.41, 5.74) is 4.73. The summed E-state index contributed by atoms with van der Waals surface area (Å²) in [5, 5.41) is 0.685. The number of Topliss-reactive ketones (excluding diaryl/α,β-unsaturated/α-hetero) is 1. The Morgan fingerprint density at radius 1 is 1.23 bits per heavy atom. The highest BCUT2D eigenvalue weighted by Crippen LogP contribution is 2.27. The number of methoxy groups -OCH3 is 1. The van der Waals surface area contributed by atoms with Gasteiger partial charge in [0.2, 0.25) is 11.5 Å². The number of para-hydroxylation sites is 1. The van der Waals surface area contributed by atoms with Gasteiger partial charge in [0.1, 0.15) is 17.0 Å². The molecule has 0 aliphatic heterocycles. The van der Waals surface area contributed by atoms with Gasteiger partial charge in [-0.25, -0.2) is 9.59 Å². The number of carbonyl (C=O) groups is 2. The van der Waals surface area contributed by atoms with Crippen LogP contribution in [0.1, 0.15) is 39.8 Å². The Morgan fingerprint density at radius 3 is 2.67 bits per heavy atom. The number of aromatic nitrogens is 2. The second-order valence-electron chi connectivity index (χ2n) is 6.51. The zero-order chi connectivity index (χ0) is 21.8. The zero-order valence-corrected chi connectivity index (χ0v) is 16.5. The van der Waals surface area contributed by atoms with Crippen molar-refractivity contribution in [3.63, 3.8) is 0 Å². The summed E-state index contributed by atoms with van der Waals surface area (Å²) in [6.45, 7) is 1.38. The van der Waals surface area contributed by atoms with Crippen LogP contribution in [0, 0.1) is 0 Å². The number of nitrogens with two attached hydrogens (primary N) is 1. The Morgan fingerprint density at radius 2 is 1.97 bits per heavy atom. The number of nitrogen functional groups attached to an aromatic ring is 1. The number of benzene rings is 1. The third-order valence-corrected chi connectivity index (χ3v) is 4.47. The number of nitrogens with zero attached hydrogens (tertiary/aromatic N) is 1. The lowest BCUT2D eigenvalue weighted by Gasteiger charge is -2.11. The zero-order valence-electron chi connectivity index (χ0n) is 16.5.